The highest BCUT2D eigenvalue weighted by molar-refractivity contribution is 7.15. The Labute approximate surface area is 78.9 Å². The first kappa shape index (κ1) is 7.89. The van der Waals surface area contributed by atoms with Gasteiger partial charge < -0.3 is 0 Å². The summed E-state index contributed by atoms with van der Waals surface area (Å²) in [4.78, 5) is 9.58. The molecule has 1 radical (unpaired) electrons. The average molecular weight is 195 g/mol. The number of thiazole rings is 2. The minimum Gasteiger partial charge on any atom is -0.239 e. The van der Waals surface area contributed by atoms with Crippen LogP contribution in [0.3, 0.4) is 0 Å². The molecular weight excluding hydrogens is 188 g/mol. The van der Waals surface area contributed by atoms with Gasteiger partial charge in [-0.2, -0.15) is 0 Å². The minimum atomic E-state index is 0.969. The third-order valence-corrected chi connectivity index (χ3v) is 3.07. The highest BCUT2D eigenvalue weighted by Crippen LogP contribution is 2.25. The van der Waals surface area contributed by atoms with Crippen LogP contribution in [0.1, 0.15) is 9.88 Å². The molecule has 0 unspecified atom stereocenters. The van der Waals surface area contributed by atoms with E-state index in [4.69, 9.17) is 0 Å². The number of hydrogen-bond donors (Lipinski definition) is 0. The van der Waals surface area contributed by atoms with Crippen LogP contribution in [0.25, 0.3) is 10.7 Å². The van der Waals surface area contributed by atoms with Crippen LogP contribution in [-0.4, -0.2) is 9.97 Å². The molecule has 2 rings (SSSR count). The van der Waals surface area contributed by atoms with Gasteiger partial charge in [0, 0.05) is 10.3 Å². The smallest absolute Gasteiger partial charge is 0.143 e. The van der Waals surface area contributed by atoms with Gasteiger partial charge in [-0.05, 0) is 13.8 Å². The molecule has 0 atom stereocenters. The van der Waals surface area contributed by atoms with Gasteiger partial charge in [0.15, 0.2) is 0 Å². The molecule has 61 valence electrons. The molecule has 0 fully saturated rings. The summed E-state index contributed by atoms with van der Waals surface area (Å²) in [5, 5.41) is 4.08. The van der Waals surface area contributed by atoms with Crippen molar-refractivity contribution in [3.05, 3.63) is 21.5 Å². The van der Waals surface area contributed by atoms with E-state index in [1.165, 1.54) is 0 Å². The summed E-state index contributed by atoms with van der Waals surface area (Å²) in [7, 11) is 0. The summed E-state index contributed by atoms with van der Waals surface area (Å²) < 4.78 is 0. The van der Waals surface area contributed by atoms with Crippen molar-refractivity contribution in [2.45, 2.75) is 13.8 Å². The third-order valence-electron chi connectivity index (χ3n) is 1.40. The lowest BCUT2D eigenvalue weighted by Gasteiger charge is -1.84. The van der Waals surface area contributed by atoms with E-state index in [0.717, 1.165) is 20.6 Å². The van der Waals surface area contributed by atoms with Crippen LogP contribution >= 0.6 is 22.7 Å². The molecule has 0 bridgehead atoms. The van der Waals surface area contributed by atoms with Crippen molar-refractivity contribution in [1.29, 1.82) is 0 Å². The van der Waals surface area contributed by atoms with Gasteiger partial charge in [-0.15, -0.1) is 22.7 Å². The van der Waals surface area contributed by atoms with E-state index in [2.05, 4.69) is 16.2 Å². The maximum Gasteiger partial charge on any atom is 0.143 e. The Hall–Kier alpha value is -0.740. The van der Waals surface area contributed by atoms with Crippen molar-refractivity contribution in [2.75, 3.05) is 0 Å². The Morgan fingerprint density at radius 1 is 1.42 bits per heavy atom. The molecule has 0 aromatic carbocycles. The number of rotatable bonds is 1. The normalized spacial score (nSPS) is 10.5. The number of nitrogens with zero attached hydrogens (tertiary/aromatic N) is 2. The molecule has 2 nitrogen and oxygen atoms in total. The van der Waals surface area contributed by atoms with Gasteiger partial charge in [-0.1, -0.05) is 0 Å². The fourth-order valence-electron chi connectivity index (χ4n) is 0.891. The summed E-state index contributed by atoms with van der Waals surface area (Å²) in [5.41, 5.74) is 0.979. The summed E-state index contributed by atoms with van der Waals surface area (Å²) in [6.07, 6.45) is 2.91. The molecule has 2 heterocycles. The molecule has 0 aliphatic rings. The number of aryl methyl sites for hydroxylation is 2. The zero-order valence-corrected chi connectivity index (χ0v) is 8.42. The lowest BCUT2D eigenvalue weighted by atomic mass is 10.5. The Kier molecular flexibility index (Phi) is 1.94. The second kappa shape index (κ2) is 2.95. The van der Waals surface area contributed by atoms with E-state index < -0.39 is 0 Å². The highest BCUT2D eigenvalue weighted by atomic mass is 32.1. The quantitative estimate of drug-likeness (QED) is 0.699. The third kappa shape index (κ3) is 1.40. The SMILES string of the molecule is Cc1[c]nc(-c2csc(C)n2)s1. The van der Waals surface area contributed by atoms with Gasteiger partial charge in [-0.25, -0.2) is 9.97 Å². The van der Waals surface area contributed by atoms with Crippen LogP contribution in [0.2, 0.25) is 0 Å². The van der Waals surface area contributed by atoms with Crippen LogP contribution in [-0.2, 0) is 0 Å². The van der Waals surface area contributed by atoms with Crippen molar-refractivity contribution in [1.82, 2.24) is 9.97 Å². The molecule has 0 saturated heterocycles. The molecule has 0 aliphatic carbocycles. The summed E-state index contributed by atoms with van der Waals surface area (Å²) >= 11 is 3.28. The van der Waals surface area contributed by atoms with Gasteiger partial charge in [0.25, 0.3) is 0 Å². The van der Waals surface area contributed by atoms with Crippen molar-refractivity contribution in [3.8, 4) is 10.7 Å². The van der Waals surface area contributed by atoms with E-state index in [1.807, 2.05) is 19.2 Å². The van der Waals surface area contributed by atoms with Gasteiger partial charge in [-0.3, -0.25) is 0 Å². The average Bonchev–Trinajstić information content (AvgIpc) is 2.58. The fraction of sp³-hybridized carbons (Fsp3) is 0.250. The first-order valence-electron chi connectivity index (χ1n) is 3.53. The van der Waals surface area contributed by atoms with Gasteiger partial charge in [0.05, 0.1) is 5.01 Å². The second-order valence-corrected chi connectivity index (χ2v) is 4.70. The van der Waals surface area contributed by atoms with Crippen LogP contribution in [0.15, 0.2) is 5.38 Å². The molecule has 12 heavy (non-hydrogen) atoms. The molecule has 2 aromatic rings. The van der Waals surface area contributed by atoms with Gasteiger partial charge in [0.1, 0.15) is 16.9 Å². The largest absolute Gasteiger partial charge is 0.239 e. The van der Waals surface area contributed by atoms with Crippen LogP contribution < -0.4 is 0 Å². The molecule has 2 aromatic heterocycles. The molecule has 0 spiro atoms. The number of hydrogen-bond acceptors (Lipinski definition) is 4. The van der Waals surface area contributed by atoms with Crippen molar-refractivity contribution in [3.63, 3.8) is 0 Å². The molecule has 0 aliphatic heterocycles. The van der Waals surface area contributed by atoms with Crippen molar-refractivity contribution in [2.24, 2.45) is 0 Å². The molecule has 4 heteroatoms. The van der Waals surface area contributed by atoms with Crippen molar-refractivity contribution < 1.29 is 0 Å². The topological polar surface area (TPSA) is 25.8 Å². The summed E-state index contributed by atoms with van der Waals surface area (Å²) in [5.74, 6) is 0. The molecular formula is C8H7N2S2. The van der Waals surface area contributed by atoms with Crippen molar-refractivity contribution >= 4 is 22.7 Å². The Morgan fingerprint density at radius 3 is 2.75 bits per heavy atom. The predicted molar refractivity (Wildman–Crippen MR) is 51.5 cm³/mol. The van der Waals surface area contributed by atoms with Gasteiger partial charge in [0.2, 0.25) is 0 Å². The lowest BCUT2D eigenvalue weighted by molar-refractivity contribution is 1.27. The first-order valence-corrected chi connectivity index (χ1v) is 5.23. The van der Waals surface area contributed by atoms with E-state index in [-0.39, 0.29) is 0 Å². The minimum absolute atomic E-state index is 0.969. The van der Waals surface area contributed by atoms with Crippen LogP contribution in [0.5, 0.6) is 0 Å². The standard InChI is InChI=1S/C8H7N2S2/c1-5-3-9-8(12-5)7-4-11-6(2)10-7/h4H,1-2H3. The Morgan fingerprint density at radius 2 is 2.25 bits per heavy atom. The zero-order chi connectivity index (χ0) is 8.55. The lowest BCUT2D eigenvalue weighted by Crippen LogP contribution is -1.74. The Balaban J connectivity index is 2.43. The maximum atomic E-state index is 4.34. The fourth-order valence-corrected chi connectivity index (χ4v) is 2.25. The Bertz CT molecular complexity index is 351. The monoisotopic (exact) mass is 195 g/mol. The highest BCUT2D eigenvalue weighted by Gasteiger charge is 2.05. The summed E-state index contributed by atoms with van der Waals surface area (Å²) in [6.45, 7) is 4.00. The van der Waals surface area contributed by atoms with Crippen LogP contribution in [0.4, 0.5) is 0 Å². The van der Waals surface area contributed by atoms with E-state index in [1.54, 1.807) is 22.7 Å². The number of aromatic nitrogens is 2. The maximum absolute atomic E-state index is 4.34. The zero-order valence-electron chi connectivity index (χ0n) is 6.79. The van der Waals surface area contributed by atoms with Crippen LogP contribution in [0, 0.1) is 20.0 Å². The second-order valence-electron chi connectivity index (χ2n) is 2.44. The van der Waals surface area contributed by atoms with E-state index >= 15 is 0 Å². The predicted octanol–water partition coefficient (Wildman–Crippen LogP) is 2.68. The van der Waals surface area contributed by atoms with Gasteiger partial charge >= 0.3 is 0 Å². The van der Waals surface area contributed by atoms with E-state index in [9.17, 15) is 0 Å². The first-order chi connectivity index (χ1) is 5.75. The molecule has 0 amide bonds. The molecule has 0 N–H and O–H groups in total. The molecule has 0 saturated carbocycles. The van der Waals surface area contributed by atoms with E-state index in [0.29, 0.717) is 0 Å². The summed E-state index contributed by atoms with van der Waals surface area (Å²) in [6, 6.07) is 0.